The maximum absolute atomic E-state index is 10.3. The number of rotatable bonds is 9. The lowest BCUT2D eigenvalue weighted by Crippen LogP contribution is -2.43. The third kappa shape index (κ3) is 13.4. The summed E-state index contributed by atoms with van der Waals surface area (Å²) in [4.78, 5) is 40.5. The van der Waals surface area contributed by atoms with Gasteiger partial charge in [0.25, 0.3) is 0 Å². The lowest BCUT2D eigenvalue weighted by Gasteiger charge is -2.26. The molecule has 0 aliphatic rings. The summed E-state index contributed by atoms with van der Waals surface area (Å²) in [6, 6.07) is 0. The number of aliphatic hydroxyl groups excluding tert-OH is 1. The molecule has 0 saturated carbocycles. The van der Waals surface area contributed by atoms with Gasteiger partial charge in [0, 0.05) is 12.4 Å². The Kier molecular flexibility index (Phi) is 9.81. The highest BCUT2D eigenvalue weighted by Gasteiger charge is 2.40. The highest BCUT2D eigenvalue weighted by atomic mass is 16.4. The molecule has 0 aliphatic carbocycles. The van der Waals surface area contributed by atoms with Crippen molar-refractivity contribution in [3.63, 3.8) is 0 Å². The van der Waals surface area contributed by atoms with E-state index in [9.17, 15) is 24.3 Å². The Labute approximate surface area is 138 Å². The predicted molar refractivity (Wildman–Crippen MR) is 75.6 cm³/mol. The van der Waals surface area contributed by atoms with Gasteiger partial charge < -0.3 is 39.9 Å². The van der Waals surface area contributed by atoms with Crippen LogP contribution in [0.3, 0.4) is 0 Å². The van der Waals surface area contributed by atoms with Gasteiger partial charge in [-0.15, -0.1) is 0 Å². The first-order chi connectivity index (χ1) is 10.6. The summed E-state index contributed by atoms with van der Waals surface area (Å²) >= 11 is 0. The Bertz CT molecular complexity index is 452. The van der Waals surface area contributed by atoms with Crippen LogP contribution >= 0.6 is 0 Å². The van der Waals surface area contributed by atoms with Crippen LogP contribution in [0.1, 0.15) is 19.3 Å². The summed E-state index contributed by atoms with van der Waals surface area (Å²) in [5, 5.41) is 52.9. The monoisotopic (exact) mass is 353 g/mol. The Hall–Kier alpha value is -2.24. The molecule has 0 rings (SSSR count). The lowest BCUT2D eigenvalue weighted by molar-refractivity contribution is -0.873. The van der Waals surface area contributed by atoms with E-state index in [0.717, 1.165) is 0 Å². The van der Waals surface area contributed by atoms with Crippen molar-refractivity contribution < 1.29 is 54.3 Å². The summed E-state index contributed by atoms with van der Waals surface area (Å²) < 4.78 is 0.550. The van der Waals surface area contributed by atoms with Crippen molar-refractivity contribution in [3.05, 3.63) is 0 Å². The van der Waals surface area contributed by atoms with E-state index in [1.54, 1.807) is 0 Å². The lowest BCUT2D eigenvalue weighted by atomic mass is 9.96. The fourth-order valence-corrected chi connectivity index (χ4v) is 1.60. The van der Waals surface area contributed by atoms with Crippen LogP contribution in [-0.4, -0.2) is 93.3 Å². The zero-order chi connectivity index (χ0) is 19.7. The van der Waals surface area contributed by atoms with E-state index >= 15 is 0 Å². The van der Waals surface area contributed by atoms with E-state index in [1.807, 2.05) is 21.1 Å². The summed E-state index contributed by atoms with van der Waals surface area (Å²) in [6.45, 7) is 0.425. The molecule has 0 heterocycles. The van der Waals surface area contributed by atoms with Gasteiger partial charge in [-0.3, -0.25) is 9.59 Å². The number of aliphatic carboxylic acids is 4. The van der Waals surface area contributed by atoms with Crippen molar-refractivity contribution in [3.8, 4) is 0 Å². The minimum Gasteiger partial charge on any atom is -0.550 e. The maximum atomic E-state index is 10.3. The van der Waals surface area contributed by atoms with E-state index in [4.69, 9.17) is 25.5 Å². The quantitative estimate of drug-likeness (QED) is 0.266. The number of carbonyl (C=O) groups is 4. The van der Waals surface area contributed by atoms with Crippen molar-refractivity contribution in [1.82, 2.24) is 0 Å². The topological polar surface area (TPSA) is 192 Å². The molecule has 11 nitrogen and oxygen atoms in total. The minimum atomic E-state index is -2.74. The first-order valence-corrected chi connectivity index (χ1v) is 6.67. The summed E-state index contributed by atoms with van der Waals surface area (Å²) in [5.41, 5.74) is -2.74. The molecule has 0 amide bonds. The third-order valence-corrected chi connectivity index (χ3v) is 2.45. The number of hydrogen-bond donors (Lipinski definition) is 5. The number of nitrogens with zero attached hydrogens (tertiary/aromatic N) is 1. The molecule has 0 radical (unpaired) electrons. The zero-order valence-corrected chi connectivity index (χ0v) is 13.6. The van der Waals surface area contributed by atoms with E-state index in [0.29, 0.717) is 11.0 Å². The van der Waals surface area contributed by atoms with Crippen molar-refractivity contribution in [1.29, 1.82) is 0 Å². The van der Waals surface area contributed by atoms with Gasteiger partial charge in [-0.1, -0.05) is 0 Å². The highest BCUT2D eigenvalue weighted by molar-refractivity contribution is 5.88. The predicted octanol–water partition coefficient (Wildman–Crippen LogP) is -3.05. The van der Waals surface area contributed by atoms with Gasteiger partial charge in [-0.2, -0.15) is 0 Å². The molecule has 1 unspecified atom stereocenters. The zero-order valence-electron chi connectivity index (χ0n) is 13.6. The van der Waals surface area contributed by atoms with Crippen LogP contribution < -0.4 is 5.11 Å². The molecule has 0 aromatic rings. The van der Waals surface area contributed by atoms with Crippen molar-refractivity contribution in [2.75, 3.05) is 27.7 Å². The molecule has 24 heavy (non-hydrogen) atoms. The Morgan fingerprint density at radius 1 is 1.00 bits per heavy atom. The van der Waals surface area contributed by atoms with Crippen LogP contribution in [0, 0.1) is 0 Å². The summed E-state index contributed by atoms with van der Waals surface area (Å²) in [6.07, 6.45) is -3.38. The number of carboxylic acids is 4. The molecule has 0 aromatic heterocycles. The van der Waals surface area contributed by atoms with Crippen molar-refractivity contribution in [2.45, 2.75) is 31.0 Å². The van der Waals surface area contributed by atoms with Crippen LogP contribution in [0.15, 0.2) is 0 Å². The largest absolute Gasteiger partial charge is 0.550 e. The third-order valence-electron chi connectivity index (χ3n) is 2.45. The number of quaternary nitrogens is 1. The average molecular weight is 353 g/mol. The maximum Gasteiger partial charge on any atom is 0.336 e. The fourth-order valence-electron chi connectivity index (χ4n) is 1.60. The van der Waals surface area contributed by atoms with Gasteiger partial charge in [-0.25, -0.2) is 4.79 Å². The molecule has 0 bridgehead atoms. The molecule has 0 aromatic carbocycles. The molecular weight excluding hydrogens is 330 g/mol. The molecule has 0 aliphatic heterocycles. The number of likely N-dealkylation sites (N-methyl/N-ethyl adjacent to an activating group) is 1. The second-order valence-corrected chi connectivity index (χ2v) is 6.18. The number of hydrogen-bond acceptors (Lipinski definition) is 7. The van der Waals surface area contributed by atoms with Gasteiger partial charge in [0.05, 0.1) is 34.0 Å². The Morgan fingerprint density at radius 2 is 1.38 bits per heavy atom. The van der Waals surface area contributed by atoms with Crippen LogP contribution in [0.5, 0.6) is 0 Å². The van der Waals surface area contributed by atoms with Crippen molar-refractivity contribution in [2.24, 2.45) is 0 Å². The first kappa shape index (κ1) is 24.0. The molecule has 5 N–H and O–H groups in total. The normalized spacial score (nSPS) is 12.5. The van der Waals surface area contributed by atoms with Gasteiger partial charge in [-0.05, 0) is 0 Å². The van der Waals surface area contributed by atoms with Crippen molar-refractivity contribution >= 4 is 23.9 Å². The molecule has 140 valence electrons. The molecule has 0 spiro atoms. The van der Waals surface area contributed by atoms with Gasteiger partial charge in [0.1, 0.15) is 12.6 Å². The van der Waals surface area contributed by atoms with E-state index < -0.39 is 48.4 Å². The summed E-state index contributed by atoms with van der Waals surface area (Å²) in [5.74, 6) is -6.22. The van der Waals surface area contributed by atoms with Crippen LogP contribution in [-0.2, 0) is 19.2 Å². The Morgan fingerprint density at radius 3 is 1.58 bits per heavy atom. The smallest absolute Gasteiger partial charge is 0.336 e. The van der Waals surface area contributed by atoms with E-state index in [-0.39, 0.29) is 6.42 Å². The van der Waals surface area contributed by atoms with Crippen LogP contribution in [0.4, 0.5) is 0 Å². The van der Waals surface area contributed by atoms with Crippen LogP contribution in [0.2, 0.25) is 0 Å². The van der Waals surface area contributed by atoms with Gasteiger partial charge in [0.2, 0.25) is 0 Å². The minimum absolute atomic E-state index is 0.282. The van der Waals surface area contributed by atoms with E-state index in [1.165, 1.54) is 0 Å². The van der Waals surface area contributed by atoms with Gasteiger partial charge in [0.15, 0.2) is 5.60 Å². The number of carboxylic acid groups (broad SMARTS) is 4. The van der Waals surface area contributed by atoms with Gasteiger partial charge >= 0.3 is 17.9 Å². The Balaban J connectivity index is 0. The van der Waals surface area contributed by atoms with E-state index in [2.05, 4.69) is 0 Å². The molecule has 0 fully saturated rings. The fraction of sp³-hybridized carbons (Fsp3) is 0.692. The second kappa shape index (κ2) is 9.80. The second-order valence-electron chi connectivity index (χ2n) is 6.18. The first-order valence-electron chi connectivity index (χ1n) is 6.67. The molecule has 0 saturated heterocycles. The molecule has 11 heteroatoms. The average Bonchev–Trinajstić information content (AvgIpc) is 2.22. The standard InChI is InChI=1S/C7H15NO3.C6H8O7/c1-8(2,3)5-6(9)4-7(10)11;7-3(8)1-6(13,5(11)12)2-4(9)10/h6,9H,4-5H2,1-3H3;13H,1-2H2,(H,7,8)(H,9,10)(H,11,12). The number of aliphatic hydroxyl groups is 2. The number of carbonyl (C=O) groups excluding carboxylic acids is 1. The SMILES string of the molecule is C[N+](C)(C)CC(O)CC(=O)[O-].O=C(O)CC(O)(CC(=O)O)C(=O)O. The molecule has 1 atom stereocenters. The molecular formula is C13H23NO10. The highest BCUT2D eigenvalue weighted by Crippen LogP contribution is 2.15. The van der Waals surface area contributed by atoms with Crippen LogP contribution in [0.25, 0.3) is 0 Å². The summed E-state index contributed by atoms with van der Waals surface area (Å²) in [7, 11) is 5.66.